The van der Waals surface area contributed by atoms with E-state index in [1.54, 1.807) is 6.07 Å². The van der Waals surface area contributed by atoms with Crippen LogP contribution in [0.25, 0.3) is 0 Å². The Morgan fingerprint density at radius 1 is 1.10 bits per heavy atom. The molecule has 0 aliphatic carbocycles. The number of aromatic hydroxyl groups is 1. The van der Waals surface area contributed by atoms with Gasteiger partial charge in [-0.25, -0.2) is 0 Å². The first-order chi connectivity index (χ1) is 14.0. The molecule has 3 rings (SSSR count). The molecule has 1 saturated heterocycles. The molecule has 1 heterocycles. The maximum absolute atomic E-state index is 12.7. The predicted molar refractivity (Wildman–Crippen MR) is 117 cm³/mol. The molecule has 5 nitrogen and oxygen atoms in total. The lowest BCUT2D eigenvalue weighted by atomic mass is 9.95. The van der Waals surface area contributed by atoms with Crippen LogP contribution in [0.5, 0.6) is 5.75 Å². The van der Waals surface area contributed by atoms with Crippen LogP contribution in [0.2, 0.25) is 0 Å². The number of rotatable bonds is 7. The number of piperazine rings is 1. The summed E-state index contributed by atoms with van der Waals surface area (Å²) in [7, 11) is 0. The minimum atomic E-state index is 0.0374. The number of amides is 1. The lowest BCUT2D eigenvalue weighted by molar-refractivity contribution is -0.892. The molecule has 0 radical (unpaired) electrons. The summed E-state index contributed by atoms with van der Waals surface area (Å²) in [4.78, 5) is 16.2. The monoisotopic (exact) mass is 396 g/mol. The van der Waals surface area contributed by atoms with E-state index in [1.165, 1.54) is 16.0 Å². The molecule has 1 atom stereocenters. The van der Waals surface area contributed by atoms with Crippen LogP contribution in [0.4, 0.5) is 5.69 Å². The summed E-state index contributed by atoms with van der Waals surface area (Å²) in [6.45, 7) is 10.4. The van der Waals surface area contributed by atoms with Gasteiger partial charge >= 0.3 is 0 Å². The fourth-order valence-corrected chi connectivity index (χ4v) is 4.02. The van der Waals surface area contributed by atoms with Gasteiger partial charge in [0.05, 0.1) is 37.9 Å². The Hall–Kier alpha value is -2.53. The summed E-state index contributed by atoms with van der Waals surface area (Å²) < 4.78 is 0. The standard InChI is InChI=1S/C24H33N3O2/c1-4-19-9-11-20(12-10-19)24(18(2)3)25-23(29)17-26-13-15-27(16-14-26)21-7-5-6-8-22(21)28/h5-12,18,24,28H,4,13-17H2,1-3H3,(H,25,29)/p+1/t24-/m0/s1. The van der Waals surface area contributed by atoms with Gasteiger partial charge in [0.25, 0.3) is 5.91 Å². The Labute approximate surface area is 174 Å². The largest absolute Gasteiger partial charge is 0.506 e. The van der Waals surface area contributed by atoms with Gasteiger partial charge in [0.1, 0.15) is 5.75 Å². The highest BCUT2D eigenvalue weighted by molar-refractivity contribution is 5.77. The molecule has 3 N–H and O–H groups in total. The zero-order valence-electron chi connectivity index (χ0n) is 17.8. The molecule has 1 aliphatic rings. The third-order valence-corrected chi connectivity index (χ3v) is 5.83. The topological polar surface area (TPSA) is 57.0 Å². The van der Waals surface area contributed by atoms with Crippen molar-refractivity contribution in [1.29, 1.82) is 0 Å². The fraction of sp³-hybridized carbons (Fsp3) is 0.458. The van der Waals surface area contributed by atoms with Crippen molar-refractivity contribution in [2.24, 2.45) is 5.92 Å². The van der Waals surface area contributed by atoms with Gasteiger partial charge in [-0.05, 0) is 35.6 Å². The van der Waals surface area contributed by atoms with Crippen LogP contribution in [0, 0.1) is 5.92 Å². The van der Waals surface area contributed by atoms with Crippen LogP contribution < -0.4 is 15.1 Å². The lowest BCUT2D eigenvalue weighted by Crippen LogP contribution is -3.16. The number of carbonyl (C=O) groups excluding carboxylic acids is 1. The van der Waals surface area contributed by atoms with Crippen molar-refractivity contribution < 1.29 is 14.8 Å². The number of benzene rings is 2. The number of nitrogens with zero attached hydrogens (tertiary/aromatic N) is 1. The van der Waals surface area contributed by atoms with Gasteiger partial charge in [0.15, 0.2) is 6.54 Å². The van der Waals surface area contributed by atoms with Crippen LogP contribution >= 0.6 is 0 Å². The summed E-state index contributed by atoms with van der Waals surface area (Å²) in [6, 6.07) is 16.1. The van der Waals surface area contributed by atoms with Crippen LogP contribution in [0.1, 0.15) is 37.9 Å². The molecule has 1 aliphatic heterocycles. The number of carbonyl (C=O) groups is 1. The number of hydrogen-bond acceptors (Lipinski definition) is 3. The van der Waals surface area contributed by atoms with Crippen molar-refractivity contribution in [2.75, 3.05) is 37.6 Å². The number of phenolic OH excluding ortho intramolecular Hbond substituents is 1. The second-order valence-corrected chi connectivity index (χ2v) is 8.29. The first-order valence-electron chi connectivity index (χ1n) is 10.7. The molecule has 1 fully saturated rings. The Balaban J connectivity index is 1.53. The summed E-state index contributed by atoms with van der Waals surface area (Å²) in [5.74, 6) is 0.760. The Morgan fingerprint density at radius 2 is 1.76 bits per heavy atom. The number of aryl methyl sites for hydroxylation is 1. The number of anilines is 1. The van der Waals surface area contributed by atoms with E-state index in [0.717, 1.165) is 38.3 Å². The Kier molecular flexibility index (Phi) is 7.15. The number of quaternary nitrogens is 1. The second kappa shape index (κ2) is 9.79. The number of phenols is 1. The van der Waals surface area contributed by atoms with E-state index in [0.29, 0.717) is 18.2 Å². The summed E-state index contributed by atoms with van der Waals surface area (Å²) in [5.41, 5.74) is 3.37. The number of nitrogens with one attached hydrogen (secondary N) is 2. The van der Waals surface area contributed by atoms with E-state index in [2.05, 4.69) is 55.3 Å². The van der Waals surface area contributed by atoms with E-state index in [4.69, 9.17) is 0 Å². The number of hydrogen-bond donors (Lipinski definition) is 3. The maximum atomic E-state index is 12.7. The van der Waals surface area contributed by atoms with E-state index >= 15 is 0 Å². The first-order valence-corrected chi connectivity index (χ1v) is 10.7. The van der Waals surface area contributed by atoms with E-state index in [1.807, 2.05) is 18.2 Å². The van der Waals surface area contributed by atoms with Gasteiger partial charge in [-0.1, -0.05) is 57.2 Å². The molecular formula is C24H34N3O2+. The van der Waals surface area contributed by atoms with Crippen molar-refractivity contribution in [1.82, 2.24) is 5.32 Å². The summed E-state index contributed by atoms with van der Waals surface area (Å²) in [6.07, 6.45) is 1.02. The molecule has 156 valence electrons. The normalized spacial score (nSPS) is 16.1. The van der Waals surface area contributed by atoms with Crippen molar-refractivity contribution in [2.45, 2.75) is 33.2 Å². The molecule has 29 heavy (non-hydrogen) atoms. The Morgan fingerprint density at radius 3 is 2.34 bits per heavy atom. The van der Waals surface area contributed by atoms with Gasteiger partial charge in [0.2, 0.25) is 0 Å². The highest BCUT2D eigenvalue weighted by Crippen LogP contribution is 2.26. The minimum absolute atomic E-state index is 0.0374. The molecular weight excluding hydrogens is 362 g/mol. The smallest absolute Gasteiger partial charge is 0.275 e. The van der Waals surface area contributed by atoms with E-state index in [9.17, 15) is 9.90 Å². The Bertz CT molecular complexity index is 796. The van der Waals surface area contributed by atoms with Crippen molar-refractivity contribution in [3.63, 3.8) is 0 Å². The highest BCUT2D eigenvalue weighted by atomic mass is 16.3. The molecule has 2 aromatic carbocycles. The maximum Gasteiger partial charge on any atom is 0.275 e. The van der Waals surface area contributed by atoms with Crippen molar-refractivity contribution in [3.05, 3.63) is 59.7 Å². The molecule has 0 spiro atoms. The molecule has 0 aromatic heterocycles. The van der Waals surface area contributed by atoms with Gasteiger partial charge in [-0.15, -0.1) is 0 Å². The second-order valence-electron chi connectivity index (χ2n) is 8.29. The van der Waals surface area contributed by atoms with Crippen molar-refractivity contribution >= 4 is 11.6 Å². The van der Waals surface area contributed by atoms with E-state index in [-0.39, 0.29) is 11.9 Å². The zero-order valence-corrected chi connectivity index (χ0v) is 17.8. The fourth-order valence-electron chi connectivity index (χ4n) is 4.02. The quantitative estimate of drug-likeness (QED) is 0.672. The highest BCUT2D eigenvalue weighted by Gasteiger charge is 2.25. The molecule has 0 unspecified atom stereocenters. The third-order valence-electron chi connectivity index (χ3n) is 5.83. The lowest BCUT2D eigenvalue weighted by Gasteiger charge is -2.34. The van der Waals surface area contributed by atoms with Gasteiger partial charge in [0, 0.05) is 0 Å². The van der Waals surface area contributed by atoms with Gasteiger partial charge in [-0.2, -0.15) is 0 Å². The van der Waals surface area contributed by atoms with Crippen LogP contribution in [0.3, 0.4) is 0 Å². The van der Waals surface area contributed by atoms with Gasteiger partial charge < -0.3 is 20.2 Å². The zero-order chi connectivity index (χ0) is 20.8. The predicted octanol–water partition coefficient (Wildman–Crippen LogP) is 2.17. The molecule has 1 amide bonds. The van der Waals surface area contributed by atoms with E-state index < -0.39 is 0 Å². The number of para-hydroxylation sites is 2. The first kappa shape index (κ1) is 21.2. The van der Waals surface area contributed by atoms with Gasteiger partial charge in [-0.3, -0.25) is 4.79 Å². The molecule has 0 bridgehead atoms. The SMILES string of the molecule is CCc1ccc([C@@H](NC(=O)C[NH+]2CCN(c3ccccc3O)CC2)C(C)C)cc1. The summed E-state index contributed by atoms with van der Waals surface area (Å²) in [5, 5.41) is 13.3. The average Bonchev–Trinajstić information content (AvgIpc) is 2.73. The molecule has 2 aromatic rings. The minimum Gasteiger partial charge on any atom is -0.506 e. The van der Waals surface area contributed by atoms with Crippen molar-refractivity contribution in [3.8, 4) is 5.75 Å². The summed E-state index contributed by atoms with van der Waals surface area (Å²) >= 11 is 0. The van der Waals surface area contributed by atoms with Crippen LogP contribution in [-0.2, 0) is 11.2 Å². The third kappa shape index (κ3) is 5.51. The molecule has 0 saturated carbocycles. The molecule has 5 heteroatoms. The van der Waals surface area contributed by atoms with Crippen LogP contribution in [-0.4, -0.2) is 43.7 Å². The van der Waals surface area contributed by atoms with Crippen LogP contribution in [0.15, 0.2) is 48.5 Å². The average molecular weight is 397 g/mol.